The average molecular weight is 398 g/mol. The average Bonchev–Trinajstić information content (AvgIpc) is 2.69. The number of hydrogen-bond donors (Lipinski definition) is 1. The zero-order chi connectivity index (χ0) is 20.6. The fraction of sp³-hybridized carbons (Fsp3) is 0.364. The first-order valence-electron chi connectivity index (χ1n) is 9.62. The SMILES string of the molecule is COCC(=O)Nc1ccc2c(c1)N(CCCCOc1cccc(C)c1)C(=O)CO2. The number of hydrogen-bond acceptors (Lipinski definition) is 5. The number of carbonyl (C=O) groups is 2. The van der Waals surface area contributed by atoms with Crippen LogP contribution in [0.15, 0.2) is 42.5 Å². The van der Waals surface area contributed by atoms with Crippen LogP contribution in [0.4, 0.5) is 11.4 Å². The Labute approximate surface area is 170 Å². The van der Waals surface area contributed by atoms with Crippen molar-refractivity contribution >= 4 is 23.2 Å². The highest BCUT2D eigenvalue weighted by molar-refractivity contribution is 5.99. The minimum absolute atomic E-state index is 0.0160. The van der Waals surface area contributed by atoms with E-state index in [0.29, 0.717) is 30.3 Å². The Morgan fingerprint density at radius 3 is 2.86 bits per heavy atom. The quantitative estimate of drug-likeness (QED) is 0.657. The molecule has 2 aromatic carbocycles. The van der Waals surface area contributed by atoms with Crippen molar-refractivity contribution in [3.63, 3.8) is 0 Å². The fourth-order valence-electron chi connectivity index (χ4n) is 3.12. The zero-order valence-corrected chi connectivity index (χ0v) is 16.8. The molecule has 154 valence electrons. The molecule has 0 radical (unpaired) electrons. The Hall–Kier alpha value is -3.06. The molecule has 0 aliphatic carbocycles. The second kappa shape index (κ2) is 9.93. The topological polar surface area (TPSA) is 77.1 Å². The van der Waals surface area contributed by atoms with Gasteiger partial charge in [0, 0.05) is 19.3 Å². The largest absolute Gasteiger partial charge is 0.494 e. The number of ether oxygens (including phenoxy) is 3. The minimum Gasteiger partial charge on any atom is -0.494 e. The van der Waals surface area contributed by atoms with Gasteiger partial charge >= 0.3 is 0 Å². The number of amides is 2. The van der Waals surface area contributed by atoms with Crippen LogP contribution >= 0.6 is 0 Å². The molecular weight excluding hydrogens is 372 g/mol. The van der Waals surface area contributed by atoms with Crippen LogP contribution in [0.5, 0.6) is 11.5 Å². The van der Waals surface area contributed by atoms with Gasteiger partial charge in [0.05, 0.1) is 12.3 Å². The van der Waals surface area contributed by atoms with E-state index in [0.717, 1.165) is 24.2 Å². The molecule has 7 heteroatoms. The minimum atomic E-state index is -0.254. The standard InChI is InChI=1S/C22H26N2O5/c1-16-6-5-7-18(12-16)28-11-4-3-10-24-19-13-17(23-21(25)14-27-2)8-9-20(19)29-15-22(24)26/h5-9,12-13H,3-4,10-11,14-15H2,1-2H3,(H,23,25). The monoisotopic (exact) mass is 398 g/mol. The molecule has 1 aliphatic heterocycles. The molecule has 0 atom stereocenters. The van der Waals surface area contributed by atoms with Crippen molar-refractivity contribution in [3.05, 3.63) is 48.0 Å². The molecule has 0 unspecified atom stereocenters. The number of anilines is 2. The van der Waals surface area contributed by atoms with E-state index < -0.39 is 0 Å². The number of rotatable bonds is 9. The van der Waals surface area contributed by atoms with Crippen LogP contribution in [-0.2, 0) is 14.3 Å². The lowest BCUT2D eigenvalue weighted by atomic mass is 10.2. The van der Waals surface area contributed by atoms with Gasteiger partial charge in [-0.3, -0.25) is 9.59 Å². The van der Waals surface area contributed by atoms with E-state index in [1.807, 2.05) is 31.2 Å². The van der Waals surface area contributed by atoms with Gasteiger partial charge in [-0.15, -0.1) is 0 Å². The predicted octanol–water partition coefficient (Wildman–Crippen LogP) is 3.16. The summed E-state index contributed by atoms with van der Waals surface area (Å²) in [5.74, 6) is 1.13. The van der Waals surface area contributed by atoms with Crippen molar-refractivity contribution in [3.8, 4) is 11.5 Å². The molecular formula is C22H26N2O5. The number of fused-ring (bicyclic) bond motifs is 1. The third-order valence-electron chi connectivity index (χ3n) is 4.50. The Bertz CT molecular complexity index is 868. The predicted molar refractivity (Wildman–Crippen MR) is 111 cm³/mol. The maximum Gasteiger partial charge on any atom is 0.265 e. The van der Waals surface area contributed by atoms with Gasteiger partial charge in [-0.25, -0.2) is 0 Å². The Morgan fingerprint density at radius 2 is 2.07 bits per heavy atom. The first kappa shape index (κ1) is 20.7. The summed E-state index contributed by atoms with van der Waals surface area (Å²) in [6, 6.07) is 13.2. The summed E-state index contributed by atoms with van der Waals surface area (Å²) in [4.78, 5) is 25.8. The molecule has 7 nitrogen and oxygen atoms in total. The zero-order valence-electron chi connectivity index (χ0n) is 16.8. The molecule has 0 saturated carbocycles. The lowest BCUT2D eigenvalue weighted by molar-refractivity contribution is -0.121. The summed E-state index contributed by atoms with van der Waals surface area (Å²) in [6.07, 6.45) is 1.61. The van der Waals surface area contributed by atoms with Crippen molar-refractivity contribution < 1.29 is 23.8 Å². The van der Waals surface area contributed by atoms with Crippen LogP contribution in [0.2, 0.25) is 0 Å². The molecule has 3 rings (SSSR count). The van der Waals surface area contributed by atoms with E-state index in [9.17, 15) is 9.59 Å². The van der Waals surface area contributed by atoms with Gasteiger partial charge in [-0.05, 0) is 55.7 Å². The number of methoxy groups -OCH3 is 1. The number of nitrogens with zero attached hydrogens (tertiary/aromatic N) is 1. The normalized spacial score (nSPS) is 12.9. The van der Waals surface area contributed by atoms with Crippen LogP contribution in [0.25, 0.3) is 0 Å². The Balaban J connectivity index is 1.56. The second-order valence-electron chi connectivity index (χ2n) is 6.87. The number of unbranched alkanes of at least 4 members (excludes halogenated alkanes) is 1. The summed E-state index contributed by atoms with van der Waals surface area (Å²) >= 11 is 0. The third-order valence-corrected chi connectivity index (χ3v) is 4.50. The van der Waals surface area contributed by atoms with E-state index >= 15 is 0 Å². The van der Waals surface area contributed by atoms with Crippen molar-refractivity contribution in [1.82, 2.24) is 0 Å². The summed E-state index contributed by atoms with van der Waals surface area (Å²) in [5, 5.41) is 2.75. The summed E-state index contributed by atoms with van der Waals surface area (Å²) in [6.45, 7) is 3.16. The van der Waals surface area contributed by atoms with Crippen molar-refractivity contribution in [2.24, 2.45) is 0 Å². The second-order valence-corrected chi connectivity index (χ2v) is 6.87. The summed E-state index contributed by atoms with van der Waals surface area (Å²) in [5.41, 5.74) is 2.42. The van der Waals surface area contributed by atoms with Gasteiger partial charge in [0.25, 0.3) is 5.91 Å². The number of nitrogens with one attached hydrogen (secondary N) is 1. The fourth-order valence-corrected chi connectivity index (χ4v) is 3.12. The van der Waals surface area contributed by atoms with Crippen molar-refractivity contribution in [2.45, 2.75) is 19.8 Å². The van der Waals surface area contributed by atoms with Crippen molar-refractivity contribution in [1.29, 1.82) is 0 Å². The number of aryl methyl sites for hydroxylation is 1. The third kappa shape index (κ3) is 5.71. The molecule has 1 heterocycles. The maximum atomic E-state index is 12.4. The lowest BCUT2D eigenvalue weighted by Crippen LogP contribution is -2.39. The Kier molecular flexibility index (Phi) is 7.08. The molecule has 0 fully saturated rings. The van der Waals surface area contributed by atoms with Crippen LogP contribution in [0.1, 0.15) is 18.4 Å². The highest BCUT2D eigenvalue weighted by Crippen LogP contribution is 2.34. The molecule has 29 heavy (non-hydrogen) atoms. The van der Waals surface area contributed by atoms with Gasteiger partial charge in [0.15, 0.2) is 6.61 Å². The molecule has 2 aromatic rings. The van der Waals surface area contributed by atoms with Crippen LogP contribution in [0.3, 0.4) is 0 Å². The lowest BCUT2D eigenvalue weighted by Gasteiger charge is -2.30. The molecule has 0 bridgehead atoms. The number of carbonyl (C=O) groups excluding carboxylic acids is 2. The van der Waals surface area contributed by atoms with Gasteiger partial charge in [-0.1, -0.05) is 12.1 Å². The van der Waals surface area contributed by atoms with E-state index in [4.69, 9.17) is 14.2 Å². The van der Waals surface area contributed by atoms with Crippen LogP contribution in [-0.4, -0.2) is 45.3 Å². The first-order valence-corrected chi connectivity index (χ1v) is 9.62. The van der Waals surface area contributed by atoms with Crippen molar-refractivity contribution in [2.75, 3.05) is 43.7 Å². The molecule has 1 N–H and O–H groups in total. The molecule has 2 amide bonds. The summed E-state index contributed by atoms with van der Waals surface area (Å²) in [7, 11) is 1.46. The molecule has 0 saturated heterocycles. The molecule has 0 spiro atoms. The Morgan fingerprint density at radius 1 is 1.21 bits per heavy atom. The first-order chi connectivity index (χ1) is 14.1. The highest BCUT2D eigenvalue weighted by Gasteiger charge is 2.25. The van der Waals surface area contributed by atoms with Crippen LogP contribution < -0.4 is 19.7 Å². The number of benzene rings is 2. The van der Waals surface area contributed by atoms with Gasteiger partial charge < -0.3 is 24.4 Å². The van der Waals surface area contributed by atoms with Gasteiger partial charge in [-0.2, -0.15) is 0 Å². The molecule has 0 aromatic heterocycles. The van der Waals surface area contributed by atoms with E-state index in [1.54, 1.807) is 23.1 Å². The van der Waals surface area contributed by atoms with Gasteiger partial charge in [0.2, 0.25) is 5.91 Å². The molecule has 1 aliphatic rings. The highest BCUT2D eigenvalue weighted by atomic mass is 16.5. The maximum absolute atomic E-state index is 12.4. The van der Waals surface area contributed by atoms with E-state index in [2.05, 4.69) is 5.32 Å². The summed E-state index contributed by atoms with van der Waals surface area (Å²) < 4.78 is 16.1. The van der Waals surface area contributed by atoms with Gasteiger partial charge in [0.1, 0.15) is 18.1 Å². The van der Waals surface area contributed by atoms with E-state index in [1.165, 1.54) is 7.11 Å². The van der Waals surface area contributed by atoms with Crippen LogP contribution in [0, 0.1) is 6.92 Å². The smallest absolute Gasteiger partial charge is 0.265 e. The van der Waals surface area contributed by atoms with E-state index in [-0.39, 0.29) is 25.0 Å².